The number of rotatable bonds is 5. The highest BCUT2D eigenvalue weighted by molar-refractivity contribution is 8.03. The van der Waals surface area contributed by atoms with Gasteiger partial charge < -0.3 is 5.32 Å². The van der Waals surface area contributed by atoms with Crippen LogP contribution >= 0.6 is 34.9 Å². The molecule has 22 heavy (non-hydrogen) atoms. The topological polar surface area (TPSA) is 72.7 Å². The van der Waals surface area contributed by atoms with E-state index in [1.54, 1.807) is 16.4 Å². The van der Waals surface area contributed by atoms with E-state index in [2.05, 4.69) is 41.4 Å². The van der Waals surface area contributed by atoms with Gasteiger partial charge in [-0.05, 0) is 6.26 Å². The van der Waals surface area contributed by atoms with Gasteiger partial charge in [-0.3, -0.25) is 9.48 Å². The Bertz CT molecular complexity index is 659. The van der Waals surface area contributed by atoms with Crippen LogP contribution in [0.15, 0.2) is 14.7 Å². The van der Waals surface area contributed by atoms with Crippen molar-refractivity contribution in [2.24, 2.45) is 7.05 Å². The van der Waals surface area contributed by atoms with Gasteiger partial charge in [-0.2, -0.15) is 5.10 Å². The molecule has 0 spiro atoms. The number of carbonyl (C=O) groups excluding carboxylic acids is 1. The van der Waals surface area contributed by atoms with Crippen LogP contribution in [0.2, 0.25) is 0 Å². The molecular weight excluding hydrogens is 338 g/mol. The third kappa shape index (κ3) is 4.47. The van der Waals surface area contributed by atoms with Crippen LogP contribution in [0, 0.1) is 0 Å². The molecule has 0 bridgehead atoms. The lowest BCUT2D eigenvalue weighted by Gasteiger charge is -2.13. The third-order valence-electron chi connectivity index (χ3n) is 2.81. The maximum atomic E-state index is 12.1. The second kappa shape index (κ2) is 7.01. The van der Waals surface area contributed by atoms with Crippen molar-refractivity contribution in [2.45, 2.75) is 34.9 Å². The molecule has 1 N–H and O–H groups in total. The number of amides is 1. The second-order valence-electron chi connectivity index (χ2n) is 5.66. The first kappa shape index (κ1) is 17.3. The number of aryl methyl sites for hydroxylation is 1. The lowest BCUT2D eigenvalue weighted by molar-refractivity contribution is -0.113. The van der Waals surface area contributed by atoms with Crippen LogP contribution < -0.4 is 5.32 Å². The minimum atomic E-state index is -0.0747. The molecule has 0 radical (unpaired) electrons. The summed E-state index contributed by atoms with van der Waals surface area (Å²) in [6.07, 6.45) is 1.96. The van der Waals surface area contributed by atoms with Gasteiger partial charge in [0.15, 0.2) is 8.68 Å². The van der Waals surface area contributed by atoms with Gasteiger partial charge >= 0.3 is 0 Å². The highest BCUT2D eigenvalue weighted by atomic mass is 32.2. The highest BCUT2D eigenvalue weighted by Crippen LogP contribution is 2.27. The molecule has 0 saturated carbocycles. The first-order valence-corrected chi connectivity index (χ1v) is 9.67. The summed E-state index contributed by atoms with van der Waals surface area (Å²) in [6.45, 7) is 6.28. The van der Waals surface area contributed by atoms with Crippen LogP contribution in [0.5, 0.6) is 0 Å². The molecule has 0 aromatic carbocycles. The number of thioether (sulfide) groups is 2. The Kier molecular flexibility index (Phi) is 5.51. The smallest absolute Gasteiger partial charge is 0.235 e. The molecule has 2 heterocycles. The molecule has 2 rings (SSSR count). The number of aromatic nitrogens is 4. The molecule has 0 fully saturated rings. The summed E-state index contributed by atoms with van der Waals surface area (Å²) >= 11 is 4.44. The lowest BCUT2D eigenvalue weighted by atomic mass is 9.92. The number of nitrogens with zero attached hydrogens (tertiary/aromatic N) is 4. The minimum Gasteiger partial charge on any atom is -0.310 e. The number of anilines is 1. The van der Waals surface area contributed by atoms with Gasteiger partial charge in [0, 0.05) is 18.5 Å². The van der Waals surface area contributed by atoms with Gasteiger partial charge in [-0.25, -0.2) is 0 Å². The number of hydrogen-bond donors (Lipinski definition) is 1. The Morgan fingerprint density at radius 3 is 2.59 bits per heavy atom. The molecule has 2 aromatic heterocycles. The Morgan fingerprint density at radius 2 is 2.05 bits per heavy atom. The molecule has 9 heteroatoms. The summed E-state index contributed by atoms with van der Waals surface area (Å²) in [5.74, 6) is 0.936. The Labute approximate surface area is 142 Å². The first-order valence-electron chi connectivity index (χ1n) is 6.64. The quantitative estimate of drug-likeness (QED) is 0.829. The van der Waals surface area contributed by atoms with Crippen molar-refractivity contribution in [3.8, 4) is 0 Å². The molecular formula is C13H19N5OS3. The maximum Gasteiger partial charge on any atom is 0.235 e. The van der Waals surface area contributed by atoms with E-state index in [0.29, 0.717) is 11.6 Å². The van der Waals surface area contributed by atoms with Crippen molar-refractivity contribution < 1.29 is 4.79 Å². The zero-order valence-corrected chi connectivity index (χ0v) is 15.7. The summed E-state index contributed by atoms with van der Waals surface area (Å²) in [7, 11) is 1.83. The van der Waals surface area contributed by atoms with Crippen molar-refractivity contribution in [1.82, 2.24) is 20.0 Å². The van der Waals surface area contributed by atoms with Crippen molar-refractivity contribution in [3.63, 3.8) is 0 Å². The fraction of sp³-hybridized carbons (Fsp3) is 0.538. The van der Waals surface area contributed by atoms with Crippen molar-refractivity contribution in [2.75, 3.05) is 17.3 Å². The molecule has 0 saturated heterocycles. The molecule has 0 unspecified atom stereocenters. The van der Waals surface area contributed by atoms with Crippen molar-refractivity contribution in [1.29, 1.82) is 0 Å². The summed E-state index contributed by atoms with van der Waals surface area (Å²) in [6, 6.07) is 1.92. The lowest BCUT2D eigenvalue weighted by Crippen LogP contribution is -2.16. The van der Waals surface area contributed by atoms with Crippen molar-refractivity contribution in [3.05, 3.63) is 11.8 Å². The monoisotopic (exact) mass is 357 g/mol. The van der Waals surface area contributed by atoms with Gasteiger partial charge in [0.1, 0.15) is 5.82 Å². The first-order chi connectivity index (χ1) is 10.3. The van der Waals surface area contributed by atoms with Crippen molar-refractivity contribution >= 4 is 46.6 Å². The van der Waals surface area contributed by atoms with E-state index in [1.165, 1.54) is 23.1 Å². The van der Waals surface area contributed by atoms with Crippen LogP contribution in [0.4, 0.5) is 5.82 Å². The standard InChI is InChI=1S/C13H19N5OS3/c1-13(2,3)8-6-9(18(4)17-8)14-10(19)7-21-12-16-15-11(20-5)22-12/h6H,7H2,1-5H3,(H,14,19). The van der Waals surface area contributed by atoms with Gasteiger partial charge in [-0.15, -0.1) is 10.2 Å². The largest absolute Gasteiger partial charge is 0.310 e. The number of hydrogen-bond acceptors (Lipinski definition) is 7. The van der Waals surface area contributed by atoms with E-state index in [0.717, 1.165) is 14.4 Å². The van der Waals surface area contributed by atoms with Crippen LogP contribution in [0.25, 0.3) is 0 Å². The number of nitrogens with one attached hydrogen (secondary N) is 1. The van der Waals surface area contributed by atoms with Crippen LogP contribution in [-0.4, -0.2) is 37.9 Å². The predicted molar refractivity (Wildman–Crippen MR) is 93.0 cm³/mol. The van der Waals surface area contributed by atoms with Crippen LogP contribution in [-0.2, 0) is 17.3 Å². The molecule has 6 nitrogen and oxygen atoms in total. The molecule has 2 aromatic rings. The van der Waals surface area contributed by atoms with E-state index < -0.39 is 0 Å². The zero-order chi connectivity index (χ0) is 16.3. The molecule has 0 atom stereocenters. The summed E-state index contributed by atoms with van der Waals surface area (Å²) in [5, 5.41) is 15.4. The second-order valence-corrected chi connectivity index (χ2v) is 8.92. The van der Waals surface area contributed by atoms with E-state index >= 15 is 0 Å². The van der Waals surface area contributed by atoms with Gasteiger partial charge in [0.25, 0.3) is 0 Å². The zero-order valence-electron chi connectivity index (χ0n) is 13.2. The molecule has 120 valence electrons. The summed E-state index contributed by atoms with van der Waals surface area (Å²) in [4.78, 5) is 12.1. The van der Waals surface area contributed by atoms with Crippen LogP contribution in [0.1, 0.15) is 26.5 Å². The van der Waals surface area contributed by atoms with E-state index in [-0.39, 0.29) is 11.3 Å². The molecule has 0 aliphatic rings. The van der Waals surface area contributed by atoms with Gasteiger partial charge in [0.05, 0.1) is 11.4 Å². The summed E-state index contributed by atoms with van der Waals surface area (Å²) in [5.41, 5.74) is 0.905. The molecule has 1 amide bonds. The molecule has 0 aliphatic carbocycles. The highest BCUT2D eigenvalue weighted by Gasteiger charge is 2.19. The average Bonchev–Trinajstić information content (AvgIpc) is 3.03. The number of carbonyl (C=O) groups is 1. The minimum absolute atomic E-state index is 0.0454. The van der Waals surface area contributed by atoms with Crippen LogP contribution in [0.3, 0.4) is 0 Å². The molecule has 0 aliphatic heterocycles. The average molecular weight is 358 g/mol. The van der Waals surface area contributed by atoms with E-state index in [4.69, 9.17) is 0 Å². The Morgan fingerprint density at radius 1 is 1.36 bits per heavy atom. The summed E-state index contributed by atoms with van der Waals surface area (Å²) < 4.78 is 3.41. The maximum absolute atomic E-state index is 12.1. The fourth-order valence-corrected chi connectivity index (χ4v) is 3.83. The predicted octanol–water partition coefficient (Wildman–Crippen LogP) is 3.02. The SMILES string of the molecule is CSc1nnc(SCC(=O)Nc2cc(C(C)(C)C)nn2C)s1. The van der Waals surface area contributed by atoms with E-state index in [9.17, 15) is 4.79 Å². The van der Waals surface area contributed by atoms with Gasteiger partial charge in [-0.1, -0.05) is 55.6 Å². The van der Waals surface area contributed by atoms with E-state index in [1.807, 2.05) is 19.4 Å². The normalized spacial score (nSPS) is 11.7. The van der Waals surface area contributed by atoms with Gasteiger partial charge in [0.2, 0.25) is 5.91 Å². The fourth-order valence-electron chi connectivity index (χ4n) is 1.59. The Hall–Kier alpha value is -1.06. The Balaban J connectivity index is 1.93. The third-order valence-corrected chi connectivity index (χ3v) is 5.84.